The summed E-state index contributed by atoms with van der Waals surface area (Å²) >= 11 is 0. The van der Waals surface area contributed by atoms with Crippen molar-refractivity contribution in [3.05, 3.63) is 77.6 Å². The van der Waals surface area contributed by atoms with Crippen LogP contribution in [0.1, 0.15) is 48.9 Å². The number of pyridine rings is 1. The number of nitrogens with zero attached hydrogens (tertiary/aromatic N) is 2. The lowest BCUT2D eigenvalue weighted by molar-refractivity contribution is 0.365. The standard InChI is InChI=1S/C22H22N2/c1-15-13-22(2,3)14-18-5-4-17(12-19(15)18)21-7-6-20(24-21)16-8-10-23-11-9-16/h4-6,8-12H,1,7,13-14H2,2-3H3. The Labute approximate surface area is 143 Å². The zero-order valence-corrected chi connectivity index (χ0v) is 14.3. The third kappa shape index (κ3) is 2.73. The Morgan fingerprint density at radius 1 is 1.00 bits per heavy atom. The second-order valence-corrected chi connectivity index (χ2v) is 7.58. The van der Waals surface area contributed by atoms with Crippen LogP contribution in [0.15, 0.2) is 60.4 Å². The molecule has 0 saturated carbocycles. The molecule has 0 unspecified atom stereocenters. The highest BCUT2D eigenvalue weighted by molar-refractivity contribution is 6.07. The van der Waals surface area contributed by atoms with E-state index in [9.17, 15) is 0 Å². The van der Waals surface area contributed by atoms with E-state index in [0.29, 0.717) is 5.41 Å². The molecule has 1 aromatic carbocycles. The van der Waals surface area contributed by atoms with Gasteiger partial charge < -0.3 is 0 Å². The van der Waals surface area contributed by atoms with Gasteiger partial charge in [-0.25, -0.2) is 0 Å². The Hall–Kier alpha value is -2.48. The Kier molecular flexibility index (Phi) is 3.49. The van der Waals surface area contributed by atoms with Gasteiger partial charge in [0.15, 0.2) is 0 Å². The van der Waals surface area contributed by atoms with Crippen LogP contribution in [0, 0.1) is 5.41 Å². The van der Waals surface area contributed by atoms with Crippen molar-refractivity contribution in [1.29, 1.82) is 0 Å². The number of benzene rings is 1. The van der Waals surface area contributed by atoms with Gasteiger partial charge in [0.25, 0.3) is 0 Å². The highest BCUT2D eigenvalue weighted by atomic mass is 14.8. The van der Waals surface area contributed by atoms with E-state index in [1.807, 2.05) is 24.5 Å². The minimum atomic E-state index is 0.312. The van der Waals surface area contributed by atoms with Gasteiger partial charge >= 0.3 is 0 Å². The Morgan fingerprint density at radius 2 is 1.79 bits per heavy atom. The molecule has 0 radical (unpaired) electrons. The summed E-state index contributed by atoms with van der Waals surface area (Å²) in [6.07, 6.45) is 8.89. The molecule has 1 aliphatic carbocycles. The highest BCUT2D eigenvalue weighted by Gasteiger charge is 2.28. The number of aliphatic imine (C=N–C) groups is 1. The van der Waals surface area contributed by atoms with Crippen molar-refractivity contribution in [2.24, 2.45) is 10.4 Å². The van der Waals surface area contributed by atoms with E-state index in [0.717, 1.165) is 36.2 Å². The molecule has 2 heterocycles. The third-order valence-electron chi connectivity index (χ3n) is 4.91. The summed E-state index contributed by atoms with van der Waals surface area (Å²) in [7, 11) is 0. The average Bonchev–Trinajstić information content (AvgIpc) is 3.04. The third-order valence-corrected chi connectivity index (χ3v) is 4.91. The summed E-state index contributed by atoms with van der Waals surface area (Å²) in [6.45, 7) is 8.96. The fourth-order valence-corrected chi connectivity index (χ4v) is 3.81. The molecule has 0 fully saturated rings. The fourth-order valence-electron chi connectivity index (χ4n) is 3.81. The maximum Gasteiger partial charge on any atom is 0.0670 e. The van der Waals surface area contributed by atoms with Crippen LogP contribution in [-0.2, 0) is 6.42 Å². The van der Waals surface area contributed by atoms with Gasteiger partial charge in [0.1, 0.15) is 0 Å². The molecular formula is C22H22N2. The first-order valence-electron chi connectivity index (χ1n) is 8.51. The zero-order valence-electron chi connectivity index (χ0n) is 14.3. The minimum absolute atomic E-state index is 0.312. The van der Waals surface area contributed by atoms with Crippen molar-refractivity contribution in [3.8, 4) is 0 Å². The lowest BCUT2D eigenvalue weighted by Gasteiger charge is -2.33. The highest BCUT2D eigenvalue weighted by Crippen LogP contribution is 2.41. The molecule has 0 saturated heterocycles. The van der Waals surface area contributed by atoms with E-state index in [1.54, 1.807) is 0 Å². The molecule has 0 atom stereocenters. The first kappa shape index (κ1) is 15.1. The van der Waals surface area contributed by atoms with Crippen LogP contribution in [0.3, 0.4) is 0 Å². The fraction of sp³-hybridized carbons (Fsp3) is 0.273. The molecule has 0 spiro atoms. The van der Waals surface area contributed by atoms with Gasteiger partial charge in [-0.2, -0.15) is 0 Å². The monoisotopic (exact) mass is 314 g/mol. The smallest absolute Gasteiger partial charge is 0.0670 e. The van der Waals surface area contributed by atoms with Crippen molar-refractivity contribution in [1.82, 2.24) is 4.98 Å². The molecule has 0 amide bonds. The molecule has 2 heteroatoms. The summed E-state index contributed by atoms with van der Waals surface area (Å²) in [4.78, 5) is 8.93. The van der Waals surface area contributed by atoms with E-state index in [1.165, 1.54) is 22.3 Å². The summed E-state index contributed by atoms with van der Waals surface area (Å²) < 4.78 is 0. The van der Waals surface area contributed by atoms with Crippen molar-refractivity contribution >= 4 is 17.0 Å². The van der Waals surface area contributed by atoms with E-state index in [-0.39, 0.29) is 0 Å². The molecule has 1 aromatic heterocycles. The molecule has 2 aliphatic rings. The molecule has 120 valence electrons. The molecule has 0 N–H and O–H groups in total. The maximum absolute atomic E-state index is 4.85. The van der Waals surface area contributed by atoms with Crippen LogP contribution >= 0.6 is 0 Å². The number of rotatable bonds is 2. The molecule has 24 heavy (non-hydrogen) atoms. The molecule has 2 nitrogen and oxygen atoms in total. The van der Waals surface area contributed by atoms with Crippen LogP contribution in [0.4, 0.5) is 0 Å². The minimum Gasteiger partial charge on any atom is -0.265 e. The van der Waals surface area contributed by atoms with Crippen LogP contribution in [0.5, 0.6) is 0 Å². The second kappa shape index (κ2) is 5.55. The Bertz CT molecular complexity index is 870. The van der Waals surface area contributed by atoms with Gasteiger partial charge in [-0.05, 0) is 58.7 Å². The summed E-state index contributed by atoms with van der Waals surface area (Å²) in [5.41, 5.74) is 8.84. The Morgan fingerprint density at radius 3 is 2.58 bits per heavy atom. The van der Waals surface area contributed by atoms with Gasteiger partial charge in [0.2, 0.25) is 0 Å². The topological polar surface area (TPSA) is 25.2 Å². The quantitative estimate of drug-likeness (QED) is 0.738. The van der Waals surface area contributed by atoms with E-state index in [4.69, 9.17) is 4.99 Å². The first-order chi connectivity index (χ1) is 11.5. The summed E-state index contributed by atoms with van der Waals surface area (Å²) in [5.74, 6) is 0. The summed E-state index contributed by atoms with van der Waals surface area (Å²) in [5, 5.41) is 0. The normalized spacial score (nSPS) is 18.8. The second-order valence-electron chi connectivity index (χ2n) is 7.58. The Balaban J connectivity index is 1.66. The van der Waals surface area contributed by atoms with Crippen molar-refractivity contribution < 1.29 is 0 Å². The average molecular weight is 314 g/mol. The SMILES string of the molecule is C=C1CC(C)(C)Cc2ccc(C3=NC(c4ccncc4)=CC3)cc21. The van der Waals surface area contributed by atoms with Crippen LogP contribution < -0.4 is 0 Å². The van der Waals surface area contributed by atoms with E-state index in [2.05, 4.69) is 49.7 Å². The number of hydrogen-bond donors (Lipinski definition) is 0. The number of aromatic nitrogens is 1. The van der Waals surface area contributed by atoms with Gasteiger partial charge in [-0.15, -0.1) is 0 Å². The molecular weight excluding hydrogens is 292 g/mol. The zero-order chi connectivity index (χ0) is 16.7. The van der Waals surface area contributed by atoms with Crippen molar-refractivity contribution in [2.45, 2.75) is 33.1 Å². The van der Waals surface area contributed by atoms with Gasteiger partial charge in [-0.1, -0.05) is 38.6 Å². The number of allylic oxidation sites excluding steroid dienone is 2. The first-order valence-corrected chi connectivity index (χ1v) is 8.51. The predicted molar refractivity (Wildman–Crippen MR) is 101 cm³/mol. The van der Waals surface area contributed by atoms with E-state index < -0.39 is 0 Å². The van der Waals surface area contributed by atoms with Crippen LogP contribution in [-0.4, -0.2) is 10.7 Å². The molecule has 1 aliphatic heterocycles. The lowest BCUT2D eigenvalue weighted by atomic mass is 9.72. The van der Waals surface area contributed by atoms with Crippen LogP contribution in [0.25, 0.3) is 11.3 Å². The molecule has 4 rings (SSSR count). The maximum atomic E-state index is 4.85. The largest absolute Gasteiger partial charge is 0.265 e. The number of hydrogen-bond acceptors (Lipinski definition) is 2. The van der Waals surface area contributed by atoms with Crippen molar-refractivity contribution in [3.63, 3.8) is 0 Å². The summed E-state index contributed by atoms with van der Waals surface area (Å²) in [6, 6.07) is 10.8. The predicted octanol–water partition coefficient (Wildman–Crippen LogP) is 5.30. The molecule has 2 aromatic rings. The number of fused-ring (bicyclic) bond motifs is 1. The van der Waals surface area contributed by atoms with E-state index >= 15 is 0 Å². The van der Waals surface area contributed by atoms with Gasteiger partial charge in [-0.3, -0.25) is 9.98 Å². The van der Waals surface area contributed by atoms with Crippen LogP contribution in [0.2, 0.25) is 0 Å². The van der Waals surface area contributed by atoms with Crippen molar-refractivity contribution in [2.75, 3.05) is 0 Å². The van der Waals surface area contributed by atoms with Gasteiger partial charge in [0.05, 0.1) is 11.4 Å². The lowest BCUT2D eigenvalue weighted by Crippen LogP contribution is -2.21. The molecule has 0 bridgehead atoms. The van der Waals surface area contributed by atoms with Gasteiger partial charge in [0, 0.05) is 24.4 Å².